The molecule has 0 rings (SSSR count). The van der Waals surface area contributed by atoms with Crippen molar-refractivity contribution in [2.24, 2.45) is 5.90 Å². The molecule has 0 saturated heterocycles. The zero-order valence-electron chi connectivity index (χ0n) is 5.13. The molecular formula is C5H9NO3. The van der Waals surface area contributed by atoms with E-state index in [0.717, 1.165) is 0 Å². The number of aliphatic carboxylic acids is 1. The van der Waals surface area contributed by atoms with Gasteiger partial charge in [0.1, 0.15) is 0 Å². The van der Waals surface area contributed by atoms with E-state index in [0.29, 0.717) is 0 Å². The van der Waals surface area contributed by atoms with Crippen molar-refractivity contribution in [3.63, 3.8) is 0 Å². The zero-order valence-corrected chi connectivity index (χ0v) is 5.13. The van der Waals surface area contributed by atoms with Crippen LogP contribution in [0, 0.1) is 0 Å². The van der Waals surface area contributed by atoms with Gasteiger partial charge in [-0.3, -0.25) is 0 Å². The Morgan fingerprint density at radius 2 is 2.44 bits per heavy atom. The van der Waals surface area contributed by atoms with Gasteiger partial charge in [-0.1, -0.05) is 0 Å². The third kappa shape index (κ3) is 3.69. The number of rotatable bonds is 3. The SMILES string of the molecule is CC(=CCON)C(=O)O. The van der Waals surface area contributed by atoms with E-state index in [1.807, 2.05) is 0 Å². The minimum Gasteiger partial charge on any atom is -0.478 e. The molecule has 0 fully saturated rings. The number of nitrogens with two attached hydrogens (primary N) is 1. The monoisotopic (exact) mass is 131 g/mol. The molecule has 0 aromatic rings. The second kappa shape index (κ2) is 4.05. The van der Waals surface area contributed by atoms with Crippen molar-refractivity contribution in [1.29, 1.82) is 0 Å². The standard InChI is InChI=1S/C5H9NO3/c1-4(5(7)8)2-3-9-6/h2H,3,6H2,1H3,(H,7,8). The summed E-state index contributed by atoms with van der Waals surface area (Å²) < 4.78 is 0. The molecule has 0 unspecified atom stereocenters. The molecule has 4 nitrogen and oxygen atoms in total. The average molecular weight is 131 g/mol. The van der Waals surface area contributed by atoms with Crippen LogP contribution in [0.4, 0.5) is 0 Å². The molecule has 9 heavy (non-hydrogen) atoms. The van der Waals surface area contributed by atoms with Crippen molar-refractivity contribution in [3.05, 3.63) is 11.6 Å². The van der Waals surface area contributed by atoms with Gasteiger partial charge in [0.15, 0.2) is 0 Å². The Balaban J connectivity index is 3.69. The van der Waals surface area contributed by atoms with Crippen LogP contribution < -0.4 is 5.90 Å². The van der Waals surface area contributed by atoms with Crippen molar-refractivity contribution in [1.82, 2.24) is 0 Å². The summed E-state index contributed by atoms with van der Waals surface area (Å²) in [4.78, 5) is 14.2. The van der Waals surface area contributed by atoms with Gasteiger partial charge < -0.3 is 9.94 Å². The first kappa shape index (κ1) is 8.13. The van der Waals surface area contributed by atoms with Gasteiger partial charge in [0.2, 0.25) is 0 Å². The van der Waals surface area contributed by atoms with Crippen molar-refractivity contribution >= 4 is 5.97 Å². The van der Waals surface area contributed by atoms with Crippen LogP contribution >= 0.6 is 0 Å². The third-order valence-corrected chi connectivity index (χ3v) is 0.823. The fourth-order valence-electron chi connectivity index (χ4n) is 0.260. The van der Waals surface area contributed by atoms with E-state index in [1.54, 1.807) is 0 Å². The van der Waals surface area contributed by atoms with E-state index in [2.05, 4.69) is 10.7 Å². The Labute approximate surface area is 52.9 Å². The maximum absolute atomic E-state index is 10.0. The van der Waals surface area contributed by atoms with Gasteiger partial charge in [0.25, 0.3) is 0 Å². The Morgan fingerprint density at radius 3 is 2.78 bits per heavy atom. The smallest absolute Gasteiger partial charge is 0.331 e. The van der Waals surface area contributed by atoms with Gasteiger partial charge in [0, 0.05) is 5.57 Å². The van der Waals surface area contributed by atoms with Crippen LogP contribution in [0.1, 0.15) is 6.92 Å². The zero-order chi connectivity index (χ0) is 7.28. The molecule has 3 N–H and O–H groups in total. The van der Waals surface area contributed by atoms with Crippen molar-refractivity contribution in [2.75, 3.05) is 6.61 Å². The number of carboxylic acid groups (broad SMARTS) is 1. The highest BCUT2D eigenvalue weighted by atomic mass is 16.6. The predicted molar refractivity (Wildman–Crippen MR) is 31.5 cm³/mol. The first-order chi connectivity index (χ1) is 4.18. The number of carbonyl (C=O) groups is 1. The molecule has 0 atom stereocenters. The van der Waals surface area contributed by atoms with Gasteiger partial charge in [-0.05, 0) is 13.0 Å². The Bertz CT molecular complexity index is 130. The average Bonchev–Trinajstić information content (AvgIpc) is 1.82. The predicted octanol–water partition coefficient (Wildman–Crippen LogP) is -0.0924. The van der Waals surface area contributed by atoms with Crippen LogP contribution in [0.25, 0.3) is 0 Å². The molecule has 4 heteroatoms. The second-order valence-corrected chi connectivity index (χ2v) is 1.53. The Morgan fingerprint density at radius 1 is 1.89 bits per heavy atom. The molecular weight excluding hydrogens is 122 g/mol. The molecule has 0 aromatic carbocycles. The van der Waals surface area contributed by atoms with Crippen molar-refractivity contribution < 1.29 is 14.7 Å². The lowest BCUT2D eigenvalue weighted by molar-refractivity contribution is -0.132. The van der Waals surface area contributed by atoms with Gasteiger partial charge in [-0.2, -0.15) is 0 Å². The highest BCUT2D eigenvalue weighted by Crippen LogP contribution is 1.89. The molecule has 0 aromatic heterocycles. The fraction of sp³-hybridized carbons (Fsp3) is 0.400. The normalized spacial score (nSPS) is 11.6. The first-order valence-corrected chi connectivity index (χ1v) is 2.40. The summed E-state index contributed by atoms with van der Waals surface area (Å²) in [6.07, 6.45) is 1.39. The molecule has 0 aliphatic heterocycles. The van der Waals surface area contributed by atoms with E-state index in [1.165, 1.54) is 13.0 Å². The summed E-state index contributed by atoms with van der Waals surface area (Å²) in [6.45, 7) is 1.61. The lowest BCUT2D eigenvalue weighted by Gasteiger charge is -1.90. The molecule has 0 saturated carbocycles. The van der Waals surface area contributed by atoms with Crippen LogP contribution in [0.2, 0.25) is 0 Å². The van der Waals surface area contributed by atoms with E-state index >= 15 is 0 Å². The summed E-state index contributed by atoms with van der Waals surface area (Å²) in [5.41, 5.74) is 0.237. The number of carboxylic acids is 1. The van der Waals surface area contributed by atoms with E-state index in [9.17, 15) is 4.79 Å². The molecule has 0 heterocycles. The van der Waals surface area contributed by atoms with Gasteiger partial charge in [0.05, 0.1) is 6.61 Å². The lowest BCUT2D eigenvalue weighted by Crippen LogP contribution is -2.02. The molecule has 0 aliphatic rings. The largest absolute Gasteiger partial charge is 0.478 e. The van der Waals surface area contributed by atoms with Crippen molar-refractivity contribution in [3.8, 4) is 0 Å². The molecule has 0 aliphatic carbocycles. The topological polar surface area (TPSA) is 72.5 Å². The Kier molecular flexibility index (Phi) is 3.66. The van der Waals surface area contributed by atoms with Crippen LogP contribution in [-0.4, -0.2) is 17.7 Å². The summed E-state index contributed by atoms with van der Waals surface area (Å²) in [6, 6.07) is 0. The highest BCUT2D eigenvalue weighted by Gasteiger charge is 1.96. The molecule has 52 valence electrons. The molecule has 0 amide bonds. The van der Waals surface area contributed by atoms with Gasteiger partial charge in [-0.25, -0.2) is 10.7 Å². The quantitative estimate of drug-likeness (QED) is 0.414. The maximum Gasteiger partial charge on any atom is 0.331 e. The summed E-state index contributed by atoms with van der Waals surface area (Å²) in [5, 5.41) is 8.24. The molecule has 0 radical (unpaired) electrons. The fourth-order valence-corrected chi connectivity index (χ4v) is 0.260. The van der Waals surface area contributed by atoms with Gasteiger partial charge in [-0.15, -0.1) is 0 Å². The van der Waals surface area contributed by atoms with Crippen LogP contribution in [0.5, 0.6) is 0 Å². The maximum atomic E-state index is 10.0. The molecule has 0 spiro atoms. The summed E-state index contributed by atoms with van der Waals surface area (Å²) in [7, 11) is 0. The second-order valence-electron chi connectivity index (χ2n) is 1.53. The third-order valence-electron chi connectivity index (χ3n) is 0.823. The van der Waals surface area contributed by atoms with Gasteiger partial charge >= 0.3 is 5.97 Å². The Hall–Kier alpha value is -0.870. The lowest BCUT2D eigenvalue weighted by atomic mass is 10.3. The summed E-state index contributed by atoms with van der Waals surface area (Å²) in [5.74, 6) is 3.69. The van der Waals surface area contributed by atoms with Crippen molar-refractivity contribution in [2.45, 2.75) is 6.92 Å². The summed E-state index contributed by atoms with van der Waals surface area (Å²) >= 11 is 0. The van der Waals surface area contributed by atoms with Crippen LogP contribution in [0.3, 0.4) is 0 Å². The minimum atomic E-state index is -0.952. The van der Waals surface area contributed by atoms with E-state index in [4.69, 9.17) is 5.11 Å². The molecule has 0 bridgehead atoms. The van der Waals surface area contributed by atoms with Crippen LogP contribution in [0.15, 0.2) is 11.6 Å². The van der Waals surface area contributed by atoms with E-state index < -0.39 is 5.97 Å². The first-order valence-electron chi connectivity index (χ1n) is 2.40. The number of hydrogen-bond donors (Lipinski definition) is 2. The number of hydrogen-bond acceptors (Lipinski definition) is 3. The van der Waals surface area contributed by atoms with E-state index in [-0.39, 0.29) is 12.2 Å². The highest BCUT2D eigenvalue weighted by molar-refractivity contribution is 5.85. The minimum absolute atomic E-state index is 0.137. The van der Waals surface area contributed by atoms with Crippen LogP contribution in [-0.2, 0) is 9.63 Å².